The van der Waals surface area contributed by atoms with Crippen molar-refractivity contribution in [3.05, 3.63) is 70.9 Å². The molecule has 0 saturated heterocycles. The predicted octanol–water partition coefficient (Wildman–Crippen LogP) is 4.91. The summed E-state index contributed by atoms with van der Waals surface area (Å²) in [4.78, 5) is 26.6. The molecule has 2 heterocycles. The molecular weight excluding hydrogens is 428 g/mol. The van der Waals surface area contributed by atoms with E-state index in [0.717, 1.165) is 41.9 Å². The first-order valence-corrected chi connectivity index (χ1v) is 11.1. The first-order valence-electron chi connectivity index (χ1n) is 10.7. The Labute approximate surface area is 191 Å². The maximum absolute atomic E-state index is 12.4. The van der Waals surface area contributed by atoms with Gasteiger partial charge in [-0.15, -0.1) is 0 Å². The molecule has 0 radical (unpaired) electrons. The van der Waals surface area contributed by atoms with Crippen LogP contribution in [0.15, 0.2) is 59.0 Å². The molecule has 32 heavy (non-hydrogen) atoms. The predicted molar refractivity (Wildman–Crippen MR) is 122 cm³/mol. The molecule has 2 amide bonds. The van der Waals surface area contributed by atoms with Gasteiger partial charge in [-0.3, -0.25) is 9.59 Å². The molecule has 164 valence electrons. The van der Waals surface area contributed by atoms with Crippen molar-refractivity contribution in [1.82, 2.24) is 4.90 Å². The third kappa shape index (κ3) is 4.65. The summed E-state index contributed by atoms with van der Waals surface area (Å²) in [7, 11) is 0. The monoisotopic (exact) mass is 450 g/mol. The van der Waals surface area contributed by atoms with Crippen LogP contribution in [0.3, 0.4) is 0 Å². The summed E-state index contributed by atoms with van der Waals surface area (Å²) < 4.78 is 11.6. The van der Waals surface area contributed by atoms with E-state index >= 15 is 0 Å². The Hall–Kier alpha value is -3.25. The van der Waals surface area contributed by atoms with Gasteiger partial charge in [0.25, 0.3) is 5.91 Å². The number of fused-ring (bicyclic) bond motifs is 1. The number of ether oxygens (including phenoxy) is 1. The summed E-state index contributed by atoms with van der Waals surface area (Å²) in [6.45, 7) is 1.21. The molecule has 0 atom stereocenters. The van der Waals surface area contributed by atoms with Gasteiger partial charge >= 0.3 is 0 Å². The molecule has 0 unspecified atom stereocenters. The molecule has 5 rings (SSSR count). The molecule has 3 aromatic rings. The molecule has 7 heteroatoms. The second-order valence-corrected chi connectivity index (χ2v) is 8.65. The molecule has 2 aliphatic rings. The van der Waals surface area contributed by atoms with E-state index in [1.54, 1.807) is 24.3 Å². The van der Waals surface area contributed by atoms with Crippen LogP contribution in [-0.4, -0.2) is 29.9 Å². The number of nitrogens with zero attached hydrogens (tertiary/aromatic N) is 1. The molecule has 1 aromatic heterocycles. The van der Waals surface area contributed by atoms with E-state index in [0.29, 0.717) is 29.5 Å². The first-order chi connectivity index (χ1) is 15.5. The fourth-order valence-corrected chi connectivity index (χ4v) is 4.00. The van der Waals surface area contributed by atoms with Crippen molar-refractivity contribution >= 4 is 29.1 Å². The van der Waals surface area contributed by atoms with E-state index in [4.69, 9.17) is 20.8 Å². The number of rotatable bonds is 6. The molecule has 1 fully saturated rings. The lowest BCUT2D eigenvalue weighted by Gasteiger charge is -2.26. The van der Waals surface area contributed by atoms with Crippen LogP contribution in [0, 0.1) is 5.92 Å². The maximum atomic E-state index is 12.4. The quantitative estimate of drug-likeness (QED) is 0.579. The van der Waals surface area contributed by atoms with Crippen LogP contribution < -0.4 is 10.1 Å². The number of carbonyl (C=O) groups is 2. The van der Waals surface area contributed by atoms with Gasteiger partial charge in [-0.2, -0.15) is 0 Å². The average Bonchev–Trinajstić information content (AvgIpc) is 3.56. The minimum atomic E-state index is -0.259. The van der Waals surface area contributed by atoms with Gasteiger partial charge in [0, 0.05) is 47.3 Å². The van der Waals surface area contributed by atoms with Crippen LogP contribution >= 0.6 is 11.6 Å². The first kappa shape index (κ1) is 20.6. The molecule has 1 aliphatic carbocycles. The van der Waals surface area contributed by atoms with E-state index in [2.05, 4.69) is 5.32 Å². The Morgan fingerprint density at radius 2 is 1.94 bits per heavy atom. The van der Waals surface area contributed by atoms with Gasteiger partial charge in [-0.25, -0.2) is 0 Å². The van der Waals surface area contributed by atoms with E-state index in [1.165, 1.54) is 0 Å². The summed E-state index contributed by atoms with van der Waals surface area (Å²) in [5.74, 6) is 2.49. The van der Waals surface area contributed by atoms with E-state index in [9.17, 15) is 9.59 Å². The van der Waals surface area contributed by atoms with Crippen molar-refractivity contribution in [2.75, 3.05) is 18.5 Å². The van der Waals surface area contributed by atoms with Crippen LogP contribution in [0.5, 0.6) is 5.75 Å². The van der Waals surface area contributed by atoms with Crippen molar-refractivity contribution in [1.29, 1.82) is 0 Å². The van der Waals surface area contributed by atoms with Crippen molar-refractivity contribution < 1.29 is 18.7 Å². The number of nitrogens with one attached hydrogen (secondary N) is 1. The number of benzene rings is 2. The molecule has 6 nitrogen and oxygen atoms in total. The van der Waals surface area contributed by atoms with Gasteiger partial charge in [-0.1, -0.05) is 23.7 Å². The maximum Gasteiger partial charge on any atom is 0.262 e. The fourth-order valence-electron chi connectivity index (χ4n) is 3.88. The minimum Gasteiger partial charge on any atom is -0.484 e. The SMILES string of the molecule is O=C(COc1ccc(Cl)cc1)Nc1cccc(-c2cc3c(o2)CCN(C(=O)C2CC2)C3)c1. The number of furan rings is 1. The largest absolute Gasteiger partial charge is 0.484 e. The third-order valence-corrected chi connectivity index (χ3v) is 5.97. The number of carbonyl (C=O) groups excluding carboxylic acids is 2. The molecule has 1 aliphatic heterocycles. The lowest BCUT2D eigenvalue weighted by atomic mass is 10.1. The van der Waals surface area contributed by atoms with Crippen LogP contribution in [-0.2, 0) is 22.6 Å². The van der Waals surface area contributed by atoms with Gasteiger partial charge < -0.3 is 19.4 Å². The lowest BCUT2D eigenvalue weighted by molar-refractivity contribution is -0.133. The van der Waals surface area contributed by atoms with Crippen molar-refractivity contribution in [3.63, 3.8) is 0 Å². The topological polar surface area (TPSA) is 71.8 Å². The van der Waals surface area contributed by atoms with Gasteiger partial charge in [-0.05, 0) is 55.3 Å². The second kappa shape index (κ2) is 8.71. The summed E-state index contributed by atoms with van der Waals surface area (Å²) >= 11 is 5.86. The van der Waals surface area contributed by atoms with Crippen molar-refractivity contribution in [2.24, 2.45) is 5.92 Å². The Balaban J connectivity index is 1.23. The van der Waals surface area contributed by atoms with E-state index < -0.39 is 0 Å². The number of halogens is 1. The van der Waals surface area contributed by atoms with Crippen LogP contribution in [0.1, 0.15) is 24.2 Å². The summed E-state index contributed by atoms with van der Waals surface area (Å²) in [6.07, 6.45) is 2.76. The number of hydrogen-bond donors (Lipinski definition) is 1. The summed E-state index contributed by atoms with van der Waals surface area (Å²) in [6, 6.07) is 16.4. The Morgan fingerprint density at radius 1 is 1.12 bits per heavy atom. The zero-order valence-corrected chi connectivity index (χ0v) is 18.2. The highest BCUT2D eigenvalue weighted by molar-refractivity contribution is 6.30. The zero-order chi connectivity index (χ0) is 22.1. The van der Waals surface area contributed by atoms with E-state index in [1.807, 2.05) is 35.2 Å². The van der Waals surface area contributed by atoms with Crippen molar-refractivity contribution in [2.45, 2.75) is 25.8 Å². The number of anilines is 1. The van der Waals surface area contributed by atoms with E-state index in [-0.39, 0.29) is 24.3 Å². The summed E-state index contributed by atoms with van der Waals surface area (Å²) in [5.41, 5.74) is 2.59. The molecular formula is C25H23ClN2O4. The average molecular weight is 451 g/mol. The van der Waals surface area contributed by atoms with Gasteiger partial charge in [0.2, 0.25) is 5.91 Å². The highest BCUT2D eigenvalue weighted by Crippen LogP contribution is 2.35. The number of amides is 2. The normalized spacial score (nSPS) is 15.2. The van der Waals surface area contributed by atoms with Gasteiger partial charge in [0.05, 0.1) is 0 Å². The second-order valence-electron chi connectivity index (χ2n) is 8.21. The smallest absolute Gasteiger partial charge is 0.262 e. The molecule has 1 N–H and O–H groups in total. The van der Waals surface area contributed by atoms with Gasteiger partial charge in [0.15, 0.2) is 6.61 Å². The molecule has 0 spiro atoms. The molecule has 0 bridgehead atoms. The number of hydrogen-bond acceptors (Lipinski definition) is 4. The fraction of sp³-hybridized carbons (Fsp3) is 0.280. The Morgan fingerprint density at radius 3 is 2.72 bits per heavy atom. The Bertz CT molecular complexity index is 1150. The van der Waals surface area contributed by atoms with Crippen LogP contribution in [0.2, 0.25) is 5.02 Å². The minimum absolute atomic E-state index is 0.105. The zero-order valence-electron chi connectivity index (χ0n) is 17.5. The summed E-state index contributed by atoms with van der Waals surface area (Å²) in [5, 5.41) is 3.46. The third-order valence-electron chi connectivity index (χ3n) is 5.72. The molecule has 1 saturated carbocycles. The standard InChI is InChI=1S/C25H23ClN2O4/c26-19-6-8-21(9-7-19)31-15-24(29)27-20-3-1-2-17(12-20)23-13-18-14-28(11-10-22(18)32-23)25(30)16-4-5-16/h1-3,6-9,12-13,16H,4-5,10-11,14-15H2,(H,27,29). The van der Waals surface area contributed by atoms with Crippen LogP contribution in [0.4, 0.5) is 5.69 Å². The van der Waals surface area contributed by atoms with Crippen LogP contribution in [0.25, 0.3) is 11.3 Å². The van der Waals surface area contributed by atoms with Gasteiger partial charge in [0.1, 0.15) is 17.3 Å². The Kier molecular flexibility index (Phi) is 5.62. The highest BCUT2D eigenvalue weighted by atomic mass is 35.5. The van der Waals surface area contributed by atoms with Crippen molar-refractivity contribution in [3.8, 4) is 17.1 Å². The molecule has 2 aromatic carbocycles. The lowest BCUT2D eigenvalue weighted by Crippen LogP contribution is -2.36. The highest BCUT2D eigenvalue weighted by Gasteiger charge is 2.35.